The summed E-state index contributed by atoms with van der Waals surface area (Å²) in [5.41, 5.74) is 3.08. The zero-order valence-electron chi connectivity index (χ0n) is 11.4. The van der Waals surface area contributed by atoms with E-state index >= 15 is 0 Å². The Morgan fingerprint density at radius 3 is 2.57 bits per heavy atom. The fraction of sp³-hybridized carbons (Fsp3) is 0.133. The molecule has 2 aromatic carbocycles. The van der Waals surface area contributed by atoms with Gasteiger partial charge in [0.2, 0.25) is 0 Å². The van der Waals surface area contributed by atoms with Crippen LogP contribution in [0.15, 0.2) is 42.5 Å². The third-order valence-corrected chi connectivity index (χ3v) is 2.87. The number of benzene rings is 2. The van der Waals surface area contributed by atoms with Gasteiger partial charge in [-0.25, -0.2) is 10.2 Å². The van der Waals surface area contributed by atoms with E-state index in [4.69, 9.17) is 15.3 Å². The van der Waals surface area contributed by atoms with E-state index in [0.717, 1.165) is 5.56 Å². The van der Waals surface area contributed by atoms with Gasteiger partial charge in [-0.1, -0.05) is 18.2 Å². The summed E-state index contributed by atoms with van der Waals surface area (Å²) in [5, 5.41) is 0. The van der Waals surface area contributed by atoms with Crippen molar-refractivity contribution in [3.8, 4) is 11.5 Å². The zero-order chi connectivity index (χ0) is 15.2. The van der Waals surface area contributed by atoms with Crippen LogP contribution in [0.1, 0.15) is 15.9 Å². The minimum atomic E-state index is -0.483. The molecule has 0 aliphatic heterocycles. The Kier molecular flexibility index (Phi) is 4.73. The molecular weight excluding hydrogens is 275 g/mol. The number of amides is 1. The molecule has 0 unspecified atom stereocenters. The zero-order valence-corrected chi connectivity index (χ0v) is 11.4. The van der Waals surface area contributed by atoms with Crippen LogP contribution in [-0.2, 0) is 6.61 Å². The summed E-state index contributed by atoms with van der Waals surface area (Å²) in [5.74, 6) is 5.05. The molecule has 0 aliphatic rings. The van der Waals surface area contributed by atoms with Crippen molar-refractivity contribution in [1.82, 2.24) is 5.43 Å². The first kappa shape index (κ1) is 14.8. The Balaban J connectivity index is 2.25. The molecule has 110 valence electrons. The summed E-state index contributed by atoms with van der Waals surface area (Å²) in [7, 11) is 1.48. The number of hydrazine groups is 1. The molecule has 0 saturated carbocycles. The van der Waals surface area contributed by atoms with Crippen molar-refractivity contribution in [1.29, 1.82) is 0 Å². The predicted octanol–water partition coefficient (Wildman–Crippen LogP) is 2.02. The average Bonchev–Trinajstić information content (AvgIpc) is 2.53. The SMILES string of the molecule is COc1cccc(C(=O)NN)c1OCc1ccc(F)cc1. The van der Waals surface area contributed by atoms with Crippen LogP contribution in [0.4, 0.5) is 4.39 Å². The number of carbonyl (C=O) groups excluding carboxylic acids is 1. The second-order valence-corrected chi connectivity index (χ2v) is 4.23. The van der Waals surface area contributed by atoms with E-state index in [1.165, 1.54) is 19.2 Å². The lowest BCUT2D eigenvalue weighted by atomic mass is 10.1. The molecule has 0 atom stereocenters. The van der Waals surface area contributed by atoms with Gasteiger partial charge in [-0.3, -0.25) is 10.2 Å². The molecule has 0 aliphatic carbocycles. The van der Waals surface area contributed by atoms with Gasteiger partial charge in [-0.15, -0.1) is 0 Å². The van der Waals surface area contributed by atoms with Crippen LogP contribution in [0.3, 0.4) is 0 Å². The van der Waals surface area contributed by atoms with Crippen molar-refractivity contribution in [3.63, 3.8) is 0 Å². The van der Waals surface area contributed by atoms with Crippen LogP contribution in [-0.4, -0.2) is 13.0 Å². The highest BCUT2D eigenvalue weighted by molar-refractivity contribution is 5.97. The average molecular weight is 290 g/mol. The smallest absolute Gasteiger partial charge is 0.269 e. The van der Waals surface area contributed by atoms with E-state index in [9.17, 15) is 9.18 Å². The van der Waals surface area contributed by atoms with Crippen molar-refractivity contribution in [2.24, 2.45) is 5.84 Å². The Bertz CT molecular complexity index is 629. The highest BCUT2D eigenvalue weighted by Crippen LogP contribution is 2.31. The molecule has 5 nitrogen and oxygen atoms in total. The summed E-state index contributed by atoms with van der Waals surface area (Å²) >= 11 is 0. The summed E-state index contributed by atoms with van der Waals surface area (Å²) in [6.07, 6.45) is 0. The van der Waals surface area contributed by atoms with Gasteiger partial charge in [-0.2, -0.15) is 0 Å². The van der Waals surface area contributed by atoms with Crippen LogP contribution in [0, 0.1) is 5.82 Å². The minimum absolute atomic E-state index is 0.172. The van der Waals surface area contributed by atoms with Gasteiger partial charge in [0.1, 0.15) is 12.4 Å². The van der Waals surface area contributed by atoms with Crippen LogP contribution in [0.5, 0.6) is 11.5 Å². The molecule has 0 radical (unpaired) electrons. The van der Waals surface area contributed by atoms with Crippen molar-refractivity contribution >= 4 is 5.91 Å². The molecule has 2 rings (SSSR count). The van der Waals surface area contributed by atoms with E-state index in [1.54, 1.807) is 30.3 Å². The largest absolute Gasteiger partial charge is 0.493 e. The fourth-order valence-corrected chi connectivity index (χ4v) is 1.82. The number of carbonyl (C=O) groups is 1. The number of rotatable bonds is 5. The Hall–Kier alpha value is -2.60. The van der Waals surface area contributed by atoms with Gasteiger partial charge < -0.3 is 9.47 Å². The minimum Gasteiger partial charge on any atom is -0.493 e. The fourth-order valence-electron chi connectivity index (χ4n) is 1.82. The quantitative estimate of drug-likeness (QED) is 0.502. The Morgan fingerprint density at radius 2 is 1.95 bits per heavy atom. The van der Waals surface area contributed by atoms with E-state index in [2.05, 4.69) is 5.43 Å². The van der Waals surface area contributed by atoms with Crippen LogP contribution < -0.4 is 20.7 Å². The summed E-state index contributed by atoms with van der Waals surface area (Å²) < 4.78 is 23.7. The number of nitrogen functional groups attached to an aromatic ring is 1. The highest BCUT2D eigenvalue weighted by atomic mass is 19.1. The topological polar surface area (TPSA) is 73.6 Å². The molecule has 0 saturated heterocycles. The van der Waals surface area contributed by atoms with Crippen LogP contribution in [0.2, 0.25) is 0 Å². The number of nitrogens with one attached hydrogen (secondary N) is 1. The van der Waals surface area contributed by atoms with E-state index < -0.39 is 5.91 Å². The maximum atomic E-state index is 12.9. The van der Waals surface area contributed by atoms with Crippen LogP contribution in [0.25, 0.3) is 0 Å². The number of hydrogen-bond acceptors (Lipinski definition) is 4. The maximum absolute atomic E-state index is 12.9. The lowest BCUT2D eigenvalue weighted by Crippen LogP contribution is -2.30. The summed E-state index contributed by atoms with van der Waals surface area (Å²) in [6, 6.07) is 10.8. The molecule has 6 heteroatoms. The first-order chi connectivity index (χ1) is 10.2. The Morgan fingerprint density at radius 1 is 1.24 bits per heavy atom. The van der Waals surface area contributed by atoms with Gasteiger partial charge in [0.05, 0.1) is 12.7 Å². The third-order valence-electron chi connectivity index (χ3n) is 2.87. The van der Waals surface area contributed by atoms with E-state index in [1.807, 2.05) is 0 Å². The third kappa shape index (κ3) is 3.49. The first-order valence-electron chi connectivity index (χ1n) is 6.21. The van der Waals surface area contributed by atoms with Crippen LogP contribution >= 0.6 is 0 Å². The highest BCUT2D eigenvalue weighted by Gasteiger charge is 2.16. The van der Waals surface area contributed by atoms with Gasteiger partial charge in [0.15, 0.2) is 11.5 Å². The number of para-hydroxylation sites is 1. The van der Waals surface area contributed by atoms with E-state index in [0.29, 0.717) is 5.75 Å². The number of methoxy groups -OCH3 is 1. The van der Waals surface area contributed by atoms with Crippen molar-refractivity contribution < 1.29 is 18.7 Å². The molecule has 0 aromatic heterocycles. The van der Waals surface area contributed by atoms with Crippen molar-refractivity contribution in [3.05, 3.63) is 59.4 Å². The normalized spacial score (nSPS) is 10.0. The van der Waals surface area contributed by atoms with Crippen molar-refractivity contribution in [2.45, 2.75) is 6.61 Å². The summed E-state index contributed by atoms with van der Waals surface area (Å²) in [6.45, 7) is 0.172. The number of hydrogen-bond donors (Lipinski definition) is 2. The van der Waals surface area contributed by atoms with E-state index in [-0.39, 0.29) is 23.7 Å². The molecule has 2 aromatic rings. The predicted molar refractivity (Wildman–Crippen MR) is 75.4 cm³/mol. The maximum Gasteiger partial charge on any atom is 0.269 e. The summed E-state index contributed by atoms with van der Waals surface area (Å²) in [4.78, 5) is 11.7. The lowest BCUT2D eigenvalue weighted by Gasteiger charge is -2.14. The Labute approximate surface area is 121 Å². The second kappa shape index (κ2) is 6.71. The number of ether oxygens (including phenoxy) is 2. The number of nitrogens with two attached hydrogens (primary N) is 1. The first-order valence-corrected chi connectivity index (χ1v) is 6.21. The lowest BCUT2D eigenvalue weighted by molar-refractivity contribution is 0.0948. The van der Waals surface area contributed by atoms with Crippen molar-refractivity contribution in [2.75, 3.05) is 7.11 Å². The monoisotopic (exact) mass is 290 g/mol. The number of halogens is 1. The van der Waals surface area contributed by atoms with Gasteiger partial charge in [0, 0.05) is 0 Å². The molecule has 0 heterocycles. The second-order valence-electron chi connectivity index (χ2n) is 4.23. The van der Waals surface area contributed by atoms with Gasteiger partial charge in [-0.05, 0) is 29.8 Å². The molecule has 1 amide bonds. The van der Waals surface area contributed by atoms with Gasteiger partial charge >= 0.3 is 0 Å². The molecule has 0 spiro atoms. The van der Waals surface area contributed by atoms with Gasteiger partial charge in [0.25, 0.3) is 5.91 Å². The molecule has 3 N–H and O–H groups in total. The molecular formula is C15H15FN2O3. The molecule has 0 bridgehead atoms. The molecule has 21 heavy (non-hydrogen) atoms. The standard InChI is InChI=1S/C15H15FN2O3/c1-20-13-4-2-3-12(15(19)18-17)14(13)21-9-10-5-7-11(16)8-6-10/h2-8H,9,17H2,1H3,(H,18,19). The molecule has 0 fully saturated rings.